The standard InChI is InChI=1S/C15H10FN3OS/c1-20-10-3-5-13-14(7-10)21-15(19-13)18-12-4-2-9(8-17)6-11(12)16/h2-7H,1H3,(H,18,19). The number of aromatic nitrogens is 1. The largest absolute Gasteiger partial charge is 0.497 e. The van der Waals surface area contributed by atoms with Crippen molar-refractivity contribution in [1.82, 2.24) is 4.98 Å². The minimum atomic E-state index is -0.481. The minimum absolute atomic E-state index is 0.284. The predicted octanol–water partition coefficient (Wildman–Crippen LogP) is 4.06. The first-order chi connectivity index (χ1) is 10.2. The van der Waals surface area contributed by atoms with Gasteiger partial charge in [0.15, 0.2) is 5.13 Å². The van der Waals surface area contributed by atoms with Gasteiger partial charge in [-0.1, -0.05) is 11.3 Å². The fourth-order valence-electron chi connectivity index (χ4n) is 1.89. The van der Waals surface area contributed by atoms with Crippen LogP contribution in [0.25, 0.3) is 10.2 Å². The molecule has 0 atom stereocenters. The van der Waals surface area contributed by atoms with Crippen molar-refractivity contribution in [1.29, 1.82) is 5.26 Å². The number of ether oxygens (including phenoxy) is 1. The molecule has 0 amide bonds. The highest BCUT2D eigenvalue weighted by Crippen LogP contribution is 2.31. The Labute approximate surface area is 124 Å². The number of methoxy groups -OCH3 is 1. The molecule has 1 N–H and O–H groups in total. The molecule has 0 saturated carbocycles. The number of nitrogens with zero attached hydrogens (tertiary/aromatic N) is 2. The Morgan fingerprint density at radius 1 is 1.29 bits per heavy atom. The third-order valence-corrected chi connectivity index (χ3v) is 3.87. The van der Waals surface area contributed by atoms with Crippen LogP contribution in [0.3, 0.4) is 0 Å². The third kappa shape index (κ3) is 2.64. The van der Waals surface area contributed by atoms with Crippen LogP contribution in [0.1, 0.15) is 5.56 Å². The maximum Gasteiger partial charge on any atom is 0.188 e. The average molecular weight is 299 g/mol. The van der Waals surface area contributed by atoms with Gasteiger partial charge in [-0.3, -0.25) is 0 Å². The smallest absolute Gasteiger partial charge is 0.188 e. The Bertz CT molecular complexity index is 854. The first-order valence-corrected chi connectivity index (χ1v) is 6.92. The zero-order valence-corrected chi connectivity index (χ0v) is 11.9. The lowest BCUT2D eigenvalue weighted by Crippen LogP contribution is -1.93. The summed E-state index contributed by atoms with van der Waals surface area (Å²) in [6, 6.07) is 11.7. The molecule has 21 heavy (non-hydrogen) atoms. The molecule has 6 heteroatoms. The highest BCUT2D eigenvalue weighted by atomic mass is 32.1. The van der Waals surface area contributed by atoms with Crippen LogP contribution in [0.15, 0.2) is 36.4 Å². The number of halogens is 1. The van der Waals surface area contributed by atoms with E-state index in [-0.39, 0.29) is 5.56 Å². The van der Waals surface area contributed by atoms with Gasteiger partial charge < -0.3 is 10.1 Å². The molecule has 3 rings (SSSR count). The van der Waals surface area contributed by atoms with Crippen molar-refractivity contribution in [3.05, 3.63) is 47.8 Å². The van der Waals surface area contributed by atoms with Crippen LogP contribution in [0.4, 0.5) is 15.2 Å². The molecule has 1 aromatic heterocycles. The molecule has 1 heterocycles. The average Bonchev–Trinajstić information content (AvgIpc) is 2.90. The van der Waals surface area contributed by atoms with Crippen molar-refractivity contribution in [3.8, 4) is 11.8 Å². The van der Waals surface area contributed by atoms with Crippen LogP contribution in [0, 0.1) is 17.1 Å². The molecule has 0 spiro atoms. The molecule has 0 saturated heterocycles. The lowest BCUT2D eigenvalue weighted by Gasteiger charge is -2.03. The normalized spacial score (nSPS) is 10.3. The number of benzene rings is 2. The molecule has 0 aliphatic carbocycles. The van der Waals surface area contributed by atoms with E-state index in [1.165, 1.54) is 23.5 Å². The van der Waals surface area contributed by atoms with Gasteiger partial charge in [0.1, 0.15) is 11.6 Å². The number of hydrogen-bond donors (Lipinski definition) is 1. The Morgan fingerprint density at radius 3 is 2.86 bits per heavy atom. The number of thiazole rings is 1. The Hall–Kier alpha value is -2.65. The zero-order chi connectivity index (χ0) is 14.8. The van der Waals surface area contributed by atoms with Gasteiger partial charge in [-0.2, -0.15) is 5.26 Å². The van der Waals surface area contributed by atoms with Crippen molar-refractivity contribution in [2.45, 2.75) is 0 Å². The van der Waals surface area contributed by atoms with Crippen molar-refractivity contribution in [2.24, 2.45) is 0 Å². The zero-order valence-electron chi connectivity index (χ0n) is 11.1. The summed E-state index contributed by atoms with van der Waals surface area (Å²) in [4.78, 5) is 4.39. The van der Waals surface area contributed by atoms with Crippen molar-refractivity contribution < 1.29 is 9.13 Å². The quantitative estimate of drug-likeness (QED) is 0.792. The van der Waals surface area contributed by atoms with Crippen LogP contribution in [0.5, 0.6) is 5.75 Å². The van der Waals surface area contributed by atoms with Crippen LogP contribution < -0.4 is 10.1 Å². The maximum absolute atomic E-state index is 13.8. The molecule has 2 aromatic carbocycles. The third-order valence-electron chi connectivity index (χ3n) is 2.94. The lowest BCUT2D eigenvalue weighted by molar-refractivity contribution is 0.415. The summed E-state index contributed by atoms with van der Waals surface area (Å²) in [6.07, 6.45) is 0. The number of nitriles is 1. The highest BCUT2D eigenvalue weighted by molar-refractivity contribution is 7.22. The number of hydrogen-bond acceptors (Lipinski definition) is 5. The lowest BCUT2D eigenvalue weighted by atomic mass is 10.2. The van der Waals surface area contributed by atoms with Gasteiger partial charge in [0.05, 0.1) is 34.6 Å². The van der Waals surface area contributed by atoms with Gasteiger partial charge in [0.2, 0.25) is 0 Å². The second-order valence-corrected chi connectivity index (χ2v) is 5.31. The molecule has 0 radical (unpaired) electrons. The molecular weight excluding hydrogens is 289 g/mol. The number of fused-ring (bicyclic) bond motifs is 1. The van der Waals surface area contributed by atoms with E-state index in [2.05, 4.69) is 10.3 Å². The Morgan fingerprint density at radius 2 is 2.14 bits per heavy atom. The molecular formula is C15H10FN3OS. The second kappa shape index (κ2) is 5.38. The maximum atomic E-state index is 13.8. The Balaban J connectivity index is 1.93. The topological polar surface area (TPSA) is 57.9 Å². The summed E-state index contributed by atoms with van der Waals surface area (Å²) < 4.78 is 20.0. The van der Waals surface area contributed by atoms with E-state index in [1.54, 1.807) is 13.2 Å². The number of nitrogens with one attached hydrogen (secondary N) is 1. The van der Waals surface area contributed by atoms with E-state index in [0.29, 0.717) is 10.8 Å². The molecule has 0 aliphatic rings. The van der Waals surface area contributed by atoms with Crippen LogP contribution >= 0.6 is 11.3 Å². The SMILES string of the molecule is COc1ccc2nc(Nc3ccc(C#N)cc3F)sc2c1. The van der Waals surface area contributed by atoms with E-state index in [4.69, 9.17) is 10.00 Å². The van der Waals surface area contributed by atoms with Gasteiger partial charge in [-0.15, -0.1) is 0 Å². The fraction of sp³-hybridized carbons (Fsp3) is 0.0667. The highest BCUT2D eigenvalue weighted by Gasteiger charge is 2.08. The van der Waals surface area contributed by atoms with Gasteiger partial charge >= 0.3 is 0 Å². The molecule has 4 nitrogen and oxygen atoms in total. The van der Waals surface area contributed by atoms with Crippen molar-refractivity contribution >= 4 is 32.4 Å². The van der Waals surface area contributed by atoms with E-state index in [9.17, 15) is 4.39 Å². The van der Waals surface area contributed by atoms with Crippen LogP contribution in [-0.4, -0.2) is 12.1 Å². The van der Waals surface area contributed by atoms with E-state index >= 15 is 0 Å². The number of rotatable bonds is 3. The van der Waals surface area contributed by atoms with Crippen LogP contribution in [-0.2, 0) is 0 Å². The van der Waals surface area contributed by atoms with Crippen LogP contribution in [0.2, 0.25) is 0 Å². The molecule has 3 aromatic rings. The van der Waals surface area contributed by atoms with Gasteiger partial charge in [-0.25, -0.2) is 9.37 Å². The van der Waals surface area contributed by atoms with E-state index < -0.39 is 5.82 Å². The molecule has 0 fully saturated rings. The molecule has 0 aliphatic heterocycles. The Kier molecular flexibility index (Phi) is 3.42. The minimum Gasteiger partial charge on any atom is -0.497 e. The summed E-state index contributed by atoms with van der Waals surface area (Å²) in [5.41, 5.74) is 1.39. The summed E-state index contributed by atoms with van der Waals surface area (Å²) in [7, 11) is 1.60. The predicted molar refractivity (Wildman–Crippen MR) is 80.6 cm³/mol. The summed E-state index contributed by atoms with van der Waals surface area (Å²) in [5.74, 6) is 0.271. The van der Waals surface area contributed by atoms with Gasteiger partial charge in [0, 0.05) is 0 Å². The molecule has 0 unspecified atom stereocenters. The van der Waals surface area contributed by atoms with Gasteiger partial charge in [-0.05, 0) is 36.4 Å². The second-order valence-electron chi connectivity index (χ2n) is 4.28. The van der Waals surface area contributed by atoms with E-state index in [0.717, 1.165) is 16.0 Å². The van der Waals surface area contributed by atoms with Gasteiger partial charge in [0.25, 0.3) is 0 Å². The van der Waals surface area contributed by atoms with E-state index in [1.807, 2.05) is 24.3 Å². The number of anilines is 2. The first-order valence-electron chi connectivity index (χ1n) is 6.11. The summed E-state index contributed by atoms with van der Waals surface area (Å²) >= 11 is 1.41. The molecule has 104 valence electrons. The monoisotopic (exact) mass is 299 g/mol. The van der Waals surface area contributed by atoms with Crippen molar-refractivity contribution in [3.63, 3.8) is 0 Å². The molecule has 0 bridgehead atoms. The first kappa shape index (κ1) is 13.3. The van der Waals surface area contributed by atoms with Crippen molar-refractivity contribution in [2.75, 3.05) is 12.4 Å². The summed E-state index contributed by atoms with van der Waals surface area (Å²) in [6.45, 7) is 0. The summed E-state index contributed by atoms with van der Waals surface area (Å²) in [5, 5.41) is 12.2. The fourth-order valence-corrected chi connectivity index (χ4v) is 2.79.